The molecular formula is C8H10N2O3. The maximum Gasteiger partial charge on any atom is 0.269 e. The fraction of sp³-hybridized carbons (Fsp3) is 0.250. The van der Waals surface area contributed by atoms with Crippen LogP contribution in [0, 0.1) is 10.1 Å². The van der Waals surface area contributed by atoms with Crippen LogP contribution >= 0.6 is 0 Å². The van der Waals surface area contributed by atoms with Crippen molar-refractivity contribution in [3.63, 3.8) is 0 Å². The van der Waals surface area contributed by atoms with Crippen LogP contribution < -0.4 is 5.90 Å². The van der Waals surface area contributed by atoms with E-state index in [0.717, 1.165) is 5.56 Å². The summed E-state index contributed by atoms with van der Waals surface area (Å²) in [6, 6.07) is 6.40. The van der Waals surface area contributed by atoms with E-state index in [-0.39, 0.29) is 5.69 Å². The quantitative estimate of drug-likeness (QED) is 0.557. The number of hydrogen-bond donors (Lipinski definition) is 1. The Hall–Kier alpha value is -1.46. The lowest BCUT2D eigenvalue weighted by molar-refractivity contribution is -0.384. The summed E-state index contributed by atoms with van der Waals surface area (Å²) in [5.41, 5.74) is 0.939. The van der Waals surface area contributed by atoms with Crippen molar-refractivity contribution in [1.82, 2.24) is 0 Å². The molecule has 2 N–H and O–H groups in total. The summed E-state index contributed by atoms with van der Waals surface area (Å²) in [5.74, 6) is 4.84. The number of nitrogens with two attached hydrogens (primary N) is 1. The molecule has 0 aliphatic heterocycles. The molecule has 0 radical (unpaired) electrons. The molecule has 13 heavy (non-hydrogen) atoms. The van der Waals surface area contributed by atoms with Gasteiger partial charge in [0, 0.05) is 12.1 Å². The Balaban J connectivity index is 2.73. The second kappa shape index (κ2) is 4.54. The van der Waals surface area contributed by atoms with Crippen molar-refractivity contribution in [1.29, 1.82) is 0 Å². The second-order valence-corrected chi connectivity index (χ2v) is 2.55. The summed E-state index contributed by atoms with van der Waals surface area (Å²) < 4.78 is 0. The highest BCUT2D eigenvalue weighted by atomic mass is 16.6. The van der Waals surface area contributed by atoms with E-state index in [4.69, 9.17) is 5.90 Å². The molecule has 5 nitrogen and oxygen atoms in total. The summed E-state index contributed by atoms with van der Waals surface area (Å²) in [4.78, 5) is 14.3. The van der Waals surface area contributed by atoms with E-state index in [0.29, 0.717) is 13.0 Å². The van der Waals surface area contributed by atoms with Gasteiger partial charge < -0.3 is 4.84 Å². The molecule has 1 rings (SSSR count). The van der Waals surface area contributed by atoms with Crippen LogP contribution in [0.1, 0.15) is 5.56 Å². The minimum Gasteiger partial charge on any atom is -0.304 e. The summed E-state index contributed by atoms with van der Waals surface area (Å²) in [6.45, 7) is 0.362. The van der Waals surface area contributed by atoms with E-state index in [2.05, 4.69) is 4.84 Å². The second-order valence-electron chi connectivity index (χ2n) is 2.55. The van der Waals surface area contributed by atoms with E-state index < -0.39 is 4.92 Å². The van der Waals surface area contributed by atoms with Gasteiger partial charge in [0.05, 0.1) is 11.5 Å². The third kappa shape index (κ3) is 2.81. The van der Waals surface area contributed by atoms with Crippen LogP contribution in [0.5, 0.6) is 0 Å². The first-order valence-corrected chi connectivity index (χ1v) is 3.79. The highest BCUT2D eigenvalue weighted by Crippen LogP contribution is 2.13. The predicted octanol–water partition coefficient (Wildman–Crippen LogP) is 1.03. The Kier molecular flexibility index (Phi) is 3.36. The van der Waals surface area contributed by atoms with E-state index in [1.54, 1.807) is 12.1 Å². The van der Waals surface area contributed by atoms with Crippen LogP contribution in [0.2, 0.25) is 0 Å². The molecule has 0 atom stereocenters. The van der Waals surface area contributed by atoms with Crippen LogP contribution in [-0.4, -0.2) is 11.5 Å². The molecular weight excluding hydrogens is 172 g/mol. The summed E-state index contributed by atoms with van der Waals surface area (Å²) in [7, 11) is 0. The SMILES string of the molecule is NOCCc1cccc([N+](=O)[O-])c1. The number of nitrogens with zero attached hydrogens (tertiary/aromatic N) is 1. The van der Waals surface area contributed by atoms with Crippen molar-refractivity contribution < 1.29 is 9.76 Å². The summed E-state index contributed by atoms with van der Waals surface area (Å²) in [5, 5.41) is 10.4. The Morgan fingerprint density at radius 2 is 2.31 bits per heavy atom. The fourth-order valence-electron chi connectivity index (χ4n) is 1.00. The van der Waals surface area contributed by atoms with Gasteiger partial charge in [-0.15, -0.1) is 0 Å². The maximum atomic E-state index is 10.4. The fourth-order valence-corrected chi connectivity index (χ4v) is 1.00. The molecule has 0 bridgehead atoms. The van der Waals surface area contributed by atoms with Crippen molar-refractivity contribution in [2.75, 3.05) is 6.61 Å². The van der Waals surface area contributed by atoms with Crippen LogP contribution in [0.3, 0.4) is 0 Å². The van der Waals surface area contributed by atoms with Gasteiger partial charge in [0.25, 0.3) is 5.69 Å². The zero-order chi connectivity index (χ0) is 9.68. The van der Waals surface area contributed by atoms with Crippen LogP contribution in [0.25, 0.3) is 0 Å². The Labute approximate surface area is 75.2 Å². The first-order valence-electron chi connectivity index (χ1n) is 3.79. The minimum atomic E-state index is -0.424. The molecule has 0 saturated carbocycles. The highest BCUT2D eigenvalue weighted by molar-refractivity contribution is 5.34. The number of nitro benzene ring substituents is 1. The number of hydrogen-bond acceptors (Lipinski definition) is 4. The lowest BCUT2D eigenvalue weighted by atomic mass is 10.1. The Morgan fingerprint density at radius 3 is 2.92 bits per heavy atom. The molecule has 5 heteroatoms. The lowest BCUT2D eigenvalue weighted by Gasteiger charge is -1.98. The normalized spacial score (nSPS) is 9.92. The standard InChI is InChI=1S/C8H10N2O3/c9-13-5-4-7-2-1-3-8(6-7)10(11)12/h1-3,6H,4-5,9H2. The molecule has 0 aromatic heterocycles. The lowest BCUT2D eigenvalue weighted by Crippen LogP contribution is -2.03. The van der Waals surface area contributed by atoms with Gasteiger partial charge in [-0.25, -0.2) is 5.90 Å². The zero-order valence-corrected chi connectivity index (χ0v) is 6.97. The minimum absolute atomic E-state index is 0.0921. The average Bonchev–Trinajstić information content (AvgIpc) is 2.15. The maximum absolute atomic E-state index is 10.4. The number of non-ortho nitro benzene ring substituents is 1. The van der Waals surface area contributed by atoms with Gasteiger partial charge >= 0.3 is 0 Å². The number of nitro groups is 1. The molecule has 0 aliphatic carbocycles. The largest absolute Gasteiger partial charge is 0.304 e. The Bertz CT molecular complexity index is 301. The van der Waals surface area contributed by atoms with Crippen molar-refractivity contribution in [2.45, 2.75) is 6.42 Å². The molecule has 1 aromatic rings. The molecule has 70 valence electrons. The third-order valence-electron chi connectivity index (χ3n) is 1.63. The van der Waals surface area contributed by atoms with Crippen LogP contribution in [0.4, 0.5) is 5.69 Å². The molecule has 0 amide bonds. The summed E-state index contributed by atoms with van der Waals surface area (Å²) >= 11 is 0. The van der Waals surface area contributed by atoms with Gasteiger partial charge in [0.2, 0.25) is 0 Å². The van der Waals surface area contributed by atoms with Gasteiger partial charge in [0.1, 0.15) is 0 Å². The molecule has 0 fully saturated rings. The zero-order valence-electron chi connectivity index (χ0n) is 6.97. The van der Waals surface area contributed by atoms with Gasteiger partial charge in [-0.2, -0.15) is 0 Å². The topological polar surface area (TPSA) is 78.4 Å². The molecule has 0 unspecified atom stereocenters. The first-order chi connectivity index (χ1) is 6.24. The number of rotatable bonds is 4. The average molecular weight is 182 g/mol. The van der Waals surface area contributed by atoms with E-state index in [1.165, 1.54) is 12.1 Å². The number of benzene rings is 1. The third-order valence-corrected chi connectivity index (χ3v) is 1.63. The van der Waals surface area contributed by atoms with Crippen LogP contribution in [0.15, 0.2) is 24.3 Å². The van der Waals surface area contributed by atoms with Crippen molar-refractivity contribution in [3.05, 3.63) is 39.9 Å². The van der Waals surface area contributed by atoms with Gasteiger partial charge in [-0.1, -0.05) is 12.1 Å². The van der Waals surface area contributed by atoms with Crippen molar-refractivity contribution in [3.8, 4) is 0 Å². The molecule has 0 spiro atoms. The predicted molar refractivity (Wildman–Crippen MR) is 46.9 cm³/mol. The smallest absolute Gasteiger partial charge is 0.269 e. The molecule has 0 heterocycles. The summed E-state index contributed by atoms with van der Waals surface area (Å²) in [6.07, 6.45) is 0.582. The van der Waals surface area contributed by atoms with E-state index in [9.17, 15) is 10.1 Å². The molecule has 0 saturated heterocycles. The monoisotopic (exact) mass is 182 g/mol. The first kappa shape index (κ1) is 9.63. The molecule has 0 aliphatic rings. The van der Waals surface area contributed by atoms with Crippen molar-refractivity contribution >= 4 is 5.69 Å². The van der Waals surface area contributed by atoms with E-state index in [1.807, 2.05) is 0 Å². The van der Waals surface area contributed by atoms with Gasteiger partial charge in [-0.05, 0) is 12.0 Å². The van der Waals surface area contributed by atoms with Gasteiger partial charge in [0.15, 0.2) is 0 Å². The van der Waals surface area contributed by atoms with E-state index >= 15 is 0 Å². The highest BCUT2D eigenvalue weighted by Gasteiger charge is 2.04. The molecule has 1 aromatic carbocycles. The van der Waals surface area contributed by atoms with Gasteiger partial charge in [-0.3, -0.25) is 10.1 Å². The van der Waals surface area contributed by atoms with Crippen LogP contribution in [-0.2, 0) is 11.3 Å². The van der Waals surface area contributed by atoms with Crippen molar-refractivity contribution in [2.24, 2.45) is 5.90 Å². The Morgan fingerprint density at radius 1 is 1.54 bits per heavy atom.